The van der Waals surface area contributed by atoms with Gasteiger partial charge in [0.1, 0.15) is 47.5 Å². The van der Waals surface area contributed by atoms with Crippen LogP contribution in [-0.4, -0.2) is 144 Å². The van der Waals surface area contributed by atoms with Crippen molar-refractivity contribution in [1.82, 2.24) is 0 Å². The lowest BCUT2D eigenvalue weighted by molar-refractivity contribution is -0.318. The van der Waals surface area contributed by atoms with Crippen molar-refractivity contribution in [3.8, 4) is 0 Å². The topological polar surface area (TPSA) is 170 Å². The van der Waals surface area contributed by atoms with Crippen molar-refractivity contribution in [1.29, 1.82) is 0 Å². The molecule has 63 heavy (non-hydrogen) atoms. The number of hydrogen-bond acceptors (Lipinski definition) is 15. The van der Waals surface area contributed by atoms with Gasteiger partial charge in [-0.1, -0.05) is 64.2 Å². The lowest BCUT2D eigenvalue weighted by atomic mass is 9.71. The number of carbonyl (C=O) groups excluding carboxylic acids is 1. The predicted molar refractivity (Wildman–Crippen MR) is 235 cm³/mol. The Morgan fingerprint density at radius 1 is 0.905 bits per heavy atom. The van der Waals surface area contributed by atoms with E-state index in [4.69, 9.17) is 47.4 Å². The number of aliphatic hydroxyl groups excluding tert-OH is 2. The second kappa shape index (κ2) is 20.5. The van der Waals surface area contributed by atoms with Gasteiger partial charge < -0.3 is 62.7 Å². The standard InChI is InChI=1S/C48H72O14S/c1-11-29(6)63-46-27(4)17-18-47(62-46)23-34-20-33(61-47)16-15-26(3)42(25(2)13-12-14-32-24-55-44-40(49)28(5)19-35(45(51)58-34)48(32,44)52)59-39-22-37(54-10)43(31(8)57-39)60-38-21-36(53-9)41(50)30(7)56-38/h12-15,17-19,25,27,29-31,33-44,46,49-50,52H,11,16,20-24H2,1-10H3. The number of carbonyl (C=O) groups is 1. The first-order chi connectivity index (χ1) is 30.0. The number of thioether (sulfide) groups is 1. The molecule has 0 amide bonds. The fraction of sp³-hybridized carbons (Fsp3) is 0.771. The van der Waals surface area contributed by atoms with E-state index in [9.17, 15) is 20.1 Å². The van der Waals surface area contributed by atoms with Gasteiger partial charge in [-0.15, -0.1) is 11.8 Å². The maximum atomic E-state index is 14.4. The van der Waals surface area contributed by atoms with Crippen LogP contribution in [-0.2, 0) is 52.2 Å². The molecular formula is C48H72O14S. The molecule has 7 rings (SSSR count). The summed E-state index contributed by atoms with van der Waals surface area (Å²) in [6, 6.07) is 0. The van der Waals surface area contributed by atoms with Gasteiger partial charge in [-0.05, 0) is 63.3 Å². The van der Waals surface area contributed by atoms with Crippen LogP contribution in [0.3, 0.4) is 0 Å². The molecule has 7 aliphatic rings. The molecule has 2 bridgehead atoms. The zero-order valence-electron chi connectivity index (χ0n) is 38.6. The van der Waals surface area contributed by atoms with Crippen LogP contribution in [0.5, 0.6) is 0 Å². The van der Waals surface area contributed by atoms with Crippen LogP contribution in [0.15, 0.2) is 59.3 Å². The molecule has 20 unspecified atom stereocenters. The smallest absolute Gasteiger partial charge is 0.316 e. The highest BCUT2D eigenvalue weighted by molar-refractivity contribution is 8.00. The molecule has 0 aromatic carbocycles. The van der Waals surface area contributed by atoms with E-state index in [-0.39, 0.29) is 36.4 Å². The average molecular weight is 905 g/mol. The summed E-state index contributed by atoms with van der Waals surface area (Å²) in [5.74, 6) is -2.89. The second-order valence-electron chi connectivity index (χ2n) is 18.8. The van der Waals surface area contributed by atoms with Gasteiger partial charge in [0.25, 0.3) is 0 Å². The summed E-state index contributed by atoms with van der Waals surface area (Å²) in [7, 11) is 3.22. The number of aliphatic hydroxyl groups is 3. The Kier molecular flexibility index (Phi) is 15.9. The zero-order chi connectivity index (χ0) is 45.4. The monoisotopic (exact) mass is 904 g/mol. The normalized spacial score (nSPS) is 46.4. The van der Waals surface area contributed by atoms with E-state index in [0.29, 0.717) is 42.1 Å². The van der Waals surface area contributed by atoms with Gasteiger partial charge in [0, 0.05) is 57.0 Å². The molecule has 354 valence electrons. The maximum absolute atomic E-state index is 14.4. The van der Waals surface area contributed by atoms with E-state index in [0.717, 1.165) is 12.0 Å². The van der Waals surface area contributed by atoms with Gasteiger partial charge in [-0.2, -0.15) is 0 Å². The number of fused-ring (bicyclic) bond motifs is 2. The molecule has 0 saturated carbocycles. The van der Waals surface area contributed by atoms with Crippen LogP contribution in [0, 0.1) is 17.8 Å². The first-order valence-electron chi connectivity index (χ1n) is 23.0. The third kappa shape index (κ3) is 10.5. The minimum atomic E-state index is -1.84. The molecule has 0 aromatic rings. The summed E-state index contributed by atoms with van der Waals surface area (Å²) >= 11 is 1.78. The average Bonchev–Trinajstić information content (AvgIpc) is 3.59. The molecule has 6 heterocycles. The van der Waals surface area contributed by atoms with Crippen LogP contribution in [0.2, 0.25) is 0 Å². The highest BCUT2D eigenvalue weighted by atomic mass is 32.2. The molecule has 0 aromatic heterocycles. The Morgan fingerprint density at radius 3 is 2.35 bits per heavy atom. The van der Waals surface area contributed by atoms with E-state index in [2.05, 4.69) is 39.8 Å². The van der Waals surface area contributed by atoms with E-state index in [1.807, 2.05) is 32.1 Å². The Hall–Kier alpha value is -1.96. The number of methoxy groups -OCH3 is 2. The Bertz CT molecular complexity index is 1750. The molecular weight excluding hydrogens is 833 g/mol. The van der Waals surface area contributed by atoms with Crippen LogP contribution < -0.4 is 0 Å². The first-order valence-corrected chi connectivity index (χ1v) is 23.9. The first kappa shape index (κ1) is 49.0. The highest BCUT2D eigenvalue weighted by Crippen LogP contribution is 2.47. The van der Waals surface area contributed by atoms with Gasteiger partial charge in [0.2, 0.25) is 0 Å². The minimum Gasteiger partial charge on any atom is -0.462 e. The quantitative estimate of drug-likeness (QED) is 0.187. The lowest BCUT2D eigenvalue weighted by Gasteiger charge is -2.47. The molecule has 20 atom stereocenters. The van der Waals surface area contributed by atoms with Crippen molar-refractivity contribution in [2.75, 3.05) is 20.8 Å². The summed E-state index contributed by atoms with van der Waals surface area (Å²) < 4.78 is 63.7. The number of allylic oxidation sites excluding steroid dienone is 2. The van der Waals surface area contributed by atoms with Gasteiger partial charge in [0.05, 0.1) is 43.2 Å². The number of hydrogen-bond donors (Lipinski definition) is 3. The SMILES string of the molecule is CCC(C)SC1OC2(C=CC1C)CC1CC(CC=C(C)C(OC3CC(OC)C(OC4CC(OC)C(O)C(C)O4)C(C)O3)C(C)C=CC=C3COC4C(O)C(C)=CC(C(=O)O1)C34O)O2. The van der Waals surface area contributed by atoms with Crippen LogP contribution >= 0.6 is 11.8 Å². The van der Waals surface area contributed by atoms with E-state index in [1.165, 1.54) is 0 Å². The van der Waals surface area contributed by atoms with Crippen molar-refractivity contribution in [3.05, 3.63) is 59.3 Å². The van der Waals surface area contributed by atoms with E-state index >= 15 is 0 Å². The number of ether oxygens (including phenoxy) is 10. The molecule has 0 radical (unpaired) electrons. The summed E-state index contributed by atoms with van der Waals surface area (Å²) in [4.78, 5) is 14.4. The van der Waals surface area contributed by atoms with Gasteiger partial charge >= 0.3 is 5.97 Å². The molecule has 1 spiro atoms. The van der Waals surface area contributed by atoms with Crippen molar-refractivity contribution >= 4 is 17.7 Å². The molecule has 3 N–H and O–H groups in total. The predicted octanol–water partition coefficient (Wildman–Crippen LogP) is 5.82. The molecule has 1 aliphatic carbocycles. The fourth-order valence-electron chi connectivity index (χ4n) is 10.1. The fourth-order valence-corrected chi connectivity index (χ4v) is 11.3. The summed E-state index contributed by atoms with van der Waals surface area (Å²) in [5, 5.41) is 34.6. The van der Waals surface area contributed by atoms with Gasteiger partial charge in [0.15, 0.2) is 18.4 Å². The summed E-state index contributed by atoms with van der Waals surface area (Å²) in [6.45, 7) is 16.1. The van der Waals surface area contributed by atoms with Crippen LogP contribution in [0.1, 0.15) is 93.9 Å². The summed E-state index contributed by atoms with van der Waals surface area (Å²) in [6.07, 6.45) is 8.63. The number of esters is 1. The molecule has 4 fully saturated rings. The maximum Gasteiger partial charge on any atom is 0.316 e. The Balaban J connectivity index is 1.18. The van der Waals surface area contributed by atoms with E-state index in [1.54, 1.807) is 52.0 Å². The Morgan fingerprint density at radius 2 is 1.62 bits per heavy atom. The van der Waals surface area contributed by atoms with Crippen molar-refractivity contribution in [2.24, 2.45) is 17.8 Å². The molecule has 15 heteroatoms. The largest absolute Gasteiger partial charge is 0.462 e. The van der Waals surface area contributed by atoms with Crippen molar-refractivity contribution < 1.29 is 67.5 Å². The number of rotatable bonds is 9. The third-order valence-electron chi connectivity index (χ3n) is 14.1. The molecule has 14 nitrogen and oxygen atoms in total. The highest BCUT2D eigenvalue weighted by Gasteiger charge is 2.60. The van der Waals surface area contributed by atoms with Crippen molar-refractivity contribution in [3.63, 3.8) is 0 Å². The van der Waals surface area contributed by atoms with E-state index < -0.39 is 96.9 Å². The third-order valence-corrected chi connectivity index (χ3v) is 15.7. The minimum absolute atomic E-state index is 0.0299. The molecule has 6 aliphatic heterocycles. The summed E-state index contributed by atoms with van der Waals surface area (Å²) in [5.41, 5.74) is -0.0382. The second-order valence-corrected chi connectivity index (χ2v) is 20.4. The van der Waals surface area contributed by atoms with Crippen LogP contribution in [0.25, 0.3) is 0 Å². The van der Waals surface area contributed by atoms with Gasteiger partial charge in [-0.25, -0.2) is 0 Å². The Labute approximate surface area is 377 Å². The van der Waals surface area contributed by atoms with Crippen LogP contribution in [0.4, 0.5) is 0 Å². The zero-order valence-corrected chi connectivity index (χ0v) is 39.4. The van der Waals surface area contributed by atoms with Crippen molar-refractivity contribution in [2.45, 2.75) is 196 Å². The molecule has 4 saturated heterocycles. The lowest BCUT2D eigenvalue weighted by Crippen LogP contribution is -2.58. The van der Waals surface area contributed by atoms with Gasteiger partial charge in [-0.3, -0.25) is 4.79 Å².